The summed E-state index contributed by atoms with van der Waals surface area (Å²) in [4.78, 5) is 14.2. The number of para-hydroxylation sites is 2. The minimum atomic E-state index is 0.0163. The predicted molar refractivity (Wildman–Crippen MR) is 74.7 cm³/mol. The molecule has 0 unspecified atom stereocenters. The van der Waals surface area contributed by atoms with Crippen molar-refractivity contribution in [1.82, 2.24) is 5.32 Å². The molecule has 2 amide bonds. The number of rotatable bonds is 1. The lowest BCUT2D eigenvalue weighted by molar-refractivity contribution is 0.232. The fourth-order valence-electron chi connectivity index (χ4n) is 2.88. The van der Waals surface area contributed by atoms with Crippen molar-refractivity contribution in [3.63, 3.8) is 0 Å². The number of amides is 2. The van der Waals surface area contributed by atoms with Gasteiger partial charge in [0.05, 0.1) is 12.2 Å². The highest BCUT2D eigenvalue weighted by Gasteiger charge is 2.25. The van der Waals surface area contributed by atoms with Gasteiger partial charge in [-0.1, -0.05) is 31.4 Å². The summed E-state index contributed by atoms with van der Waals surface area (Å²) < 4.78 is 5.57. The molecule has 0 radical (unpaired) electrons. The van der Waals surface area contributed by atoms with Crippen LogP contribution < -0.4 is 15.0 Å². The molecule has 1 fully saturated rings. The van der Waals surface area contributed by atoms with E-state index in [2.05, 4.69) is 5.32 Å². The highest BCUT2D eigenvalue weighted by molar-refractivity contribution is 5.94. The molecule has 2 aliphatic rings. The van der Waals surface area contributed by atoms with E-state index in [1.807, 2.05) is 24.3 Å². The van der Waals surface area contributed by atoms with Gasteiger partial charge in [-0.05, 0) is 25.0 Å². The first kappa shape index (κ1) is 12.3. The summed E-state index contributed by atoms with van der Waals surface area (Å²) in [5.74, 6) is 0.799. The fraction of sp³-hybridized carbons (Fsp3) is 0.533. The van der Waals surface area contributed by atoms with Crippen LogP contribution in [0.4, 0.5) is 10.5 Å². The van der Waals surface area contributed by atoms with Crippen LogP contribution >= 0.6 is 0 Å². The van der Waals surface area contributed by atoms with Crippen LogP contribution in [0.2, 0.25) is 0 Å². The van der Waals surface area contributed by atoms with Gasteiger partial charge < -0.3 is 10.1 Å². The lowest BCUT2D eigenvalue weighted by Gasteiger charge is -2.32. The second-order valence-electron chi connectivity index (χ2n) is 5.25. The van der Waals surface area contributed by atoms with Gasteiger partial charge in [0.25, 0.3) is 0 Å². The smallest absolute Gasteiger partial charge is 0.322 e. The zero-order chi connectivity index (χ0) is 13.1. The number of anilines is 1. The first-order valence-electron chi connectivity index (χ1n) is 7.14. The number of benzene rings is 1. The van der Waals surface area contributed by atoms with Crippen molar-refractivity contribution in [3.05, 3.63) is 24.3 Å². The molecule has 102 valence electrons. The molecule has 1 N–H and O–H groups in total. The number of fused-ring (bicyclic) bond motifs is 1. The van der Waals surface area contributed by atoms with Crippen LogP contribution in [0, 0.1) is 0 Å². The number of ether oxygens (including phenoxy) is 1. The zero-order valence-corrected chi connectivity index (χ0v) is 11.1. The van der Waals surface area contributed by atoms with E-state index in [0.29, 0.717) is 19.2 Å². The number of urea groups is 1. The van der Waals surface area contributed by atoms with E-state index in [1.165, 1.54) is 19.3 Å². The third-order valence-corrected chi connectivity index (χ3v) is 3.91. The van der Waals surface area contributed by atoms with E-state index >= 15 is 0 Å². The van der Waals surface area contributed by atoms with E-state index in [9.17, 15) is 4.79 Å². The number of carbonyl (C=O) groups excluding carboxylic acids is 1. The number of carbonyl (C=O) groups is 1. The van der Waals surface area contributed by atoms with Crippen LogP contribution in [-0.4, -0.2) is 25.2 Å². The number of nitrogens with zero attached hydrogens (tertiary/aromatic N) is 1. The molecule has 1 saturated carbocycles. The molecule has 0 bridgehead atoms. The van der Waals surface area contributed by atoms with Crippen LogP contribution in [0.5, 0.6) is 5.75 Å². The summed E-state index contributed by atoms with van der Waals surface area (Å²) in [6.45, 7) is 1.19. The van der Waals surface area contributed by atoms with E-state index in [-0.39, 0.29) is 6.03 Å². The van der Waals surface area contributed by atoms with Gasteiger partial charge in [0, 0.05) is 6.04 Å². The molecule has 0 atom stereocenters. The summed E-state index contributed by atoms with van der Waals surface area (Å²) in [6.07, 6.45) is 5.97. The summed E-state index contributed by atoms with van der Waals surface area (Å²) >= 11 is 0. The molecule has 0 spiro atoms. The zero-order valence-electron chi connectivity index (χ0n) is 11.1. The Hall–Kier alpha value is -1.71. The van der Waals surface area contributed by atoms with Crippen molar-refractivity contribution < 1.29 is 9.53 Å². The molecule has 4 heteroatoms. The largest absolute Gasteiger partial charge is 0.490 e. The van der Waals surface area contributed by atoms with Crippen molar-refractivity contribution in [2.24, 2.45) is 0 Å². The molecule has 1 aliphatic heterocycles. The molecule has 1 heterocycles. The molecule has 19 heavy (non-hydrogen) atoms. The van der Waals surface area contributed by atoms with Gasteiger partial charge in [-0.2, -0.15) is 0 Å². The average molecular weight is 260 g/mol. The van der Waals surface area contributed by atoms with Crippen LogP contribution in [-0.2, 0) is 0 Å². The standard InChI is InChI=1S/C15H20N2O2/c18-15(16-12-6-2-1-3-7-12)17-10-11-19-14-9-5-4-8-13(14)17/h4-5,8-9,12H,1-3,6-7,10-11H2,(H,16,18). The summed E-state index contributed by atoms with van der Waals surface area (Å²) in [5.41, 5.74) is 0.877. The van der Waals surface area contributed by atoms with E-state index in [4.69, 9.17) is 4.74 Å². The maximum atomic E-state index is 12.4. The van der Waals surface area contributed by atoms with E-state index in [1.54, 1.807) is 4.90 Å². The Balaban J connectivity index is 1.70. The van der Waals surface area contributed by atoms with Gasteiger partial charge in [0.2, 0.25) is 0 Å². The molecule has 3 rings (SSSR count). The maximum Gasteiger partial charge on any atom is 0.322 e. The second kappa shape index (κ2) is 5.51. The third-order valence-electron chi connectivity index (χ3n) is 3.91. The van der Waals surface area contributed by atoms with Gasteiger partial charge in [-0.3, -0.25) is 4.90 Å². The minimum Gasteiger partial charge on any atom is -0.490 e. The Morgan fingerprint density at radius 2 is 2.00 bits per heavy atom. The number of hydrogen-bond acceptors (Lipinski definition) is 2. The van der Waals surface area contributed by atoms with Crippen LogP contribution in [0.15, 0.2) is 24.3 Å². The Labute approximate surface area is 113 Å². The first-order valence-corrected chi connectivity index (χ1v) is 7.14. The maximum absolute atomic E-state index is 12.4. The van der Waals surface area contributed by atoms with Crippen LogP contribution in [0.1, 0.15) is 32.1 Å². The van der Waals surface area contributed by atoms with Gasteiger partial charge in [0.1, 0.15) is 12.4 Å². The molecule has 1 aliphatic carbocycles. The Morgan fingerprint density at radius 3 is 2.84 bits per heavy atom. The molecule has 0 saturated heterocycles. The number of hydrogen-bond donors (Lipinski definition) is 1. The lowest BCUT2D eigenvalue weighted by atomic mass is 9.96. The molecule has 4 nitrogen and oxygen atoms in total. The van der Waals surface area contributed by atoms with E-state index in [0.717, 1.165) is 24.3 Å². The molecular formula is C15H20N2O2. The molecule has 0 aromatic heterocycles. The van der Waals surface area contributed by atoms with Crippen molar-refractivity contribution >= 4 is 11.7 Å². The SMILES string of the molecule is O=C(NC1CCCCC1)N1CCOc2ccccc21. The van der Waals surface area contributed by atoms with Crippen molar-refractivity contribution in [3.8, 4) is 5.75 Å². The second-order valence-corrected chi connectivity index (χ2v) is 5.25. The molecule has 1 aromatic rings. The third kappa shape index (κ3) is 2.67. The summed E-state index contributed by atoms with van der Waals surface area (Å²) in [7, 11) is 0. The monoisotopic (exact) mass is 260 g/mol. The van der Waals surface area contributed by atoms with Crippen molar-refractivity contribution in [2.75, 3.05) is 18.1 Å². The average Bonchev–Trinajstić information content (AvgIpc) is 2.47. The summed E-state index contributed by atoms with van der Waals surface area (Å²) in [5, 5.41) is 3.16. The van der Waals surface area contributed by atoms with E-state index < -0.39 is 0 Å². The van der Waals surface area contributed by atoms with Crippen molar-refractivity contribution in [2.45, 2.75) is 38.1 Å². The van der Waals surface area contributed by atoms with Gasteiger partial charge in [-0.25, -0.2) is 4.79 Å². The quantitative estimate of drug-likeness (QED) is 0.843. The Morgan fingerprint density at radius 1 is 1.21 bits per heavy atom. The molecular weight excluding hydrogens is 240 g/mol. The van der Waals surface area contributed by atoms with Crippen LogP contribution in [0.25, 0.3) is 0 Å². The van der Waals surface area contributed by atoms with Crippen LogP contribution in [0.3, 0.4) is 0 Å². The molecule has 1 aromatic carbocycles. The Bertz CT molecular complexity index is 455. The Kier molecular flexibility index (Phi) is 3.58. The first-order chi connectivity index (χ1) is 9.34. The van der Waals surface area contributed by atoms with Gasteiger partial charge in [0.15, 0.2) is 0 Å². The predicted octanol–water partition coefficient (Wildman–Crippen LogP) is 2.93. The fourth-order valence-corrected chi connectivity index (χ4v) is 2.88. The normalized spacial score (nSPS) is 19.5. The van der Waals surface area contributed by atoms with Crippen molar-refractivity contribution in [1.29, 1.82) is 0 Å². The van der Waals surface area contributed by atoms with Gasteiger partial charge in [-0.15, -0.1) is 0 Å². The van der Waals surface area contributed by atoms with Gasteiger partial charge >= 0.3 is 6.03 Å². The number of nitrogens with one attached hydrogen (secondary N) is 1. The topological polar surface area (TPSA) is 41.6 Å². The minimum absolute atomic E-state index is 0.0163. The highest BCUT2D eigenvalue weighted by Crippen LogP contribution is 2.31. The lowest BCUT2D eigenvalue weighted by Crippen LogP contribution is -2.48. The highest BCUT2D eigenvalue weighted by atomic mass is 16.5. The summed E-state index contributed by atoms with van der Waals surface area (Å²) in [6, 6.07) is 8.08.